The summed E-state index contributed by atoms with van der Waals surface area (Å²) in [4.78, 5) is 41.9. The Morgan fingerprint density at radius 3 is 2.00 bits per heavy atom. The fraction of sp³-hybridized carbons (Fsp3) is 0.400. The van der Waals surface area contributed by atoms with E-state index in [-0.39, 0.29) is 25.0 Å². The number of ether oxygens (including phenoxy) is 2. The second kappa shape index (κ2) is 8.53. The van der Waals surface area contributed by atoms with E-state index < -0.39 is 29.2 Å². The number of rotatable bonds is 7. The third-order valence-electron chi connectivity index (χ3n) is 6.45. The lowest BCUT2D eigenvalue weighted by molar-refractivity contribution is -0.197. The average Bonchev–Trinajstić information content (AvgIpc) is 3.03. The largest absolute Gasteiger partial charge is 0.465 e. The van der Waals surface area contributed by atoms with Crippen molar-refractivity contribution in [2.24, 2.45) is 17.3 Å². The van der Waals surface area contributed by atoms with Crippen molar-refractivity contribution in [1.82, 2.24) is 4.90 Å². The molecule has 2 aromatic rings. The average molecular weight is 421 g/mol. The highest BCUT2D eigenvalue weighted by Crippen LogP contribution is 2.65. The van der Waals surface area contributed by atoms with Gasteiger partial charge in [0.05, 0.1) is 19.1 Å². The summed E-state index contributed by atoms with van der Waals surface area (Å²) in [6.45, 7) is 4.57. The highest BCUT2D eigenvalue weighted by Gasteiger charge is 2.77. The maximum absolute atomic E-state index is 13.5. The second-order valence-electron chi connectivity index (χ2n) is 8.04. The molecule has 2 aliphatic rings. The van der Waals surface area contributed by atoms with E-state index in [4.69, 9.17) is 9.47 Å². The summed E-state index contributed by atoms with van der Waals surface area (Å²) in [5, 5.41) is 0. The maximum Gasteiger partial charge on any atom is 0.324 e. The van der Waals surface area contributed by atoms with Crippen LogP contribution in [0.3, 0.4) is 0 Å². The maximum atomic E-state index is 13.5. The number of likely N-dealkylation sites (tertiary alicyclic amines) is 1. The minimum absolute atomic E-state index is 0.126. The minimum Gasteiger partial charge on any atom is -0.465 e. The molecule has 2 fully saturated rings. The molecule has 1 aliphatic heterocycles. The number of fused-ring (bicyclic) bond motifs is 1. The van der Waals surface area contributed by atoms with Crippen molar-refractivity contribution < 1.29 is 23.9 Å². The topological polar surface area (TPSA) is 72.9 Å². The Bertz CT molecular complexity index is 940. The predicted octanol–water partition coefficient (Wildman–Crippen LogP) is 3.17. The van der Waals surface area contributed by atoms with Crippen LogP contribution in [0.2, 0.25) is 0 Å². The molecule has 0 unspecified atom stereocenters. The molecule has 6 nitrogen and oxygen atoms in total. The Hall–Kier alpha value is -3.15. The van der Waals surface area contributed by atoms with Gasteiger partial charge < -0.3 is 14.4 Å². The third kappa shape index (κ3) is 3.30. The van der Waals surface area contributed by atoms with Crippen LogP contribution in [-0.2, 0) is 30.4 Å². The minimum atomic E-state index is -1.65. The molecule has 0 aromatic heterocycles. The van der Waals surface area contributed by atoms with Crippen molar-refractivity contribution in [3.63, 3.8) is 0 Å². The first-order valence-corrected chi connectivity index (χ1v) is 10.8. The van der Waals surface area contributed by atoms with Crippen LogP contribution in [0, 0.1) is 17.3 Å². The summed E-state index contributed by atoms with van der Waals surface area (Å²) >= 11 is 0. The number of hydrogen-bond acceptors (Lipinski definition) is 5. The highest BCUT2D eigenvalue weighted by molar-refractivity contribution is 6.09. The van der Waals surface area contributed by atoms with Gasteiger partial charge in [-0.05, 0) is 30.9 Å². The monoisotopic (exact) mass is 421 g/mol. The van der Waals surface area contributed by atoms with Gasteiger partial charge in [0.1, 0.15) is 0 Å². The van der Waals surface area contributed by atoms with E-state index in [1.807, 2.05) is 60.7 Å². The molecule has 6 heteroatoms. The summed E-state index contributed by atoms with van der Waals surface area (Å²) in [5.41, 5.74) is 0.200. The molecule has 0 bridgehead atoms. The molecule has 1 saturated carbocycles. The van der Waals surface area contributed by atoms with Gasteiger partial charge in [-0.15, -0.1) is 0 Å². The zero-order chi connectivity index (χ0) is 22.0. The number of amides is 1. The van der Waals surface area contributed by atoms with Crippen LogP contribution in [0.4, 0.5) is 0 Å². The first-order chi connectivity index (χ1) is 15.1. The Kier molecular flexibility index (Phi) is 5.81. The molecule has 162 valence electrons. The molecular formula is C25H27NO5. The summed E-state index contributed by atoms with van der Waals surface area (Å²) in [6.07, 6.45) is 0. The van der Waals surface area contributed by atoms with E-state index in [9.17, 15) is 14.4 Å². The molecule has 0 radical (unpaired) electrons. The normalized spacial score (nSPS) is 23.6. The van der Waals surface area contributed by atoms with Crippen LogP contribution in [0.15, 0.2) is 60.7 Å². The van der Waals surface area contributed by atoms with E-state index in [0.29, 0.717) is 13.1 Å². The molecule has 2 aromatic carbocycles. The van der Waals surface area contributed by atoms with Crippen molar-refractivity contribution in [2.45, 2.75) is 26.3 Å². The number of carbonyl (C=O) groups is 3. The Morgan fingerprint density at radius 2 is 1.45 bits per heavy atom. The van der Waals surface area contributed by atoms with Crippen molar-refractivity contribution in [3.8, 4) is 0 Å². The highest BCUT2D eigenvalue weighted by atomic mass is 16.6. The first-order valence-electron chi connectivity index (χ1n) is 10.8. The van der Waals surface area contributed by atoms with Gasteiger partial charge in [-0.1, -0.05) is 60.7 Å². The number of benzene rings is 2. The third-order valence-corrected chi connectivity index (χ3v) is 6.45. The van der Waals surface area contributed by atoms with Crippen molar-refractivity contribution in [1.29, 1.82) is 0 Å². The van der Waals surface area contributed by atoms with Crippen molar-refractivity contribution in [2.75, 3.05) is 19.8 Å². The molecule has 31 heavy (non-hydrogen) atoms. The van der Waals surface area contributed by atoms with Crippen LogP contribution in [0.5, 0.6) is 0 Å². The SMILES string of the molecule is CCOC(=O)C1(C(=O)OCC)[C@H]2C(=O)N(Cc3ccccc3)C[C@H]2[C@@H]1c1ccccc1. The summed E-state index contributed by atoms with van der Waals surface area (Å²) in [7, 11) is 0. The number of esters is 2. The lowest BCUT2D eigenvalue weighted by Gasteiger charge is -2.53. The van der Waals surface area contributed by atoms with E-state index in [2.05, 4.69) is 0 Å². The van der Waals surface area contributed by atoms with Gasteiger partial charge >= 0.3 is 11.9 Å². The molecular weight excluding hydrogens is 394 g/mol. The fourth-order valence-corrected chi connectivity index (χ4v) is 5.28. The van der Waals surface area contributed by atoms with E-state index in [1.165, 1.54) is 0 Å². The van der Waals surface area contributed by atoms with Gasteiger partial charge in [-0.25, -0.2) is 0 Å². The zero-order valence-electron chi connectivity index (χ0n) is 17.8. The van der Waals surface area contributed by atoms with Gasteiger partial charge in [0.15, 0.2) is 5.41 Å². The number of nitrogens with zero attached hydrogens (tertiary/aromatic N) is 1. The van der Waals surface area contributed by atoms with Crippen LogP contribution in [0.25, 0.3) is 0 Å². The van der Waals surface area contributed by atoms with Gasteiger partial charge in [0.2, 0.25) is 5.91 Å². The van der Waals surface area contributed by atoms with Crippen LogP contribution >= 0.6 is 0 Å². The van der Waals surface area contributed by atoms with Gasteiger partial charge in [-0.3, -0.25) is 14.4 Å². The second-order valence-corrected chi connectivity index (χ2v) is 8.04. The Balaban J connectivity index is 1.76. The number of carbonyl (C=O) groups excluding carboxylic acids is 3. The fourth-order valence-electron chi connectivity index (χ4n) is 5.28. The van der Waals surface area contributed by atoms with Crippen LogP contribution < -0.4 is 0 Å². The summed E-state index contributed by atoms with van der Waals surface area (Å²) in [6, 6.07) is 19.2. The van der Waals surface area contributed by atoms with Gasteiger partial charge in [0, 0.05) is 19.0 Å². The lowest BCUT2D eigenvalue weighted by Crippen LogP contribution is -2.65. The zero-order valence-corrected chi connectivity index (χ0v) is 17.8. The molecule has 0 spiro atoms. The molecule has 4 rings (SSSR count). The Labute approximate surface area is 182 Å². The number of hydrogen-bond donors (Lipinski definition) is 0. The van der Waals surface area contributed by atoms with Crippen LogP contribution in [-0.4, -0.2) is 42.5 Å². The van der Waals surface area contributed by atoms with Crippen molar-refractivity contribution in [3.05, 3.63) is 71.8 Å². The van der Waals surface area contributed by atoms with Gasteiger partial charge in [-0.2, -0.15) is 0 Å². The van der Waals surface area contributed by atoms with Crippen molar-refractivity contribution >= 4 is 17.8 Å². The smallest absolute Gasteiger partial charge is 0.324 e. The molecule has 1 heterocycles. The molecule has 1 aliphatic carbocycles. The summed E-state index contributed by atoms with van der Waals surface area (Å²) < 4.78 is 10.7. The Morgan fingerprint density at radius 1 is 0.903 bits per heavy atom. The quantitative estimate of drug-likeness (QED) is 0.507. The summed E-state index contributed by atoms with van der Waals surface area (Å²) in [5.74, 6) is -2.94. The first kappa shape index (κ1) is 21.1. The van der Waals surface area contributed by atoms with Crippen LogP contribution in [0.1, 0.15) is 30.9 Å². The molecule has 3 atom stereocenters. The molecule has 1 amide bonds. The predicted molar refractivity (Wildman–Crippen MR) is 114 cm³/mol. The molecule has 0 N–H and O–H groups in total. The van der Waals surface area contributed by atoms with E-state index in [0.717, 1.165) is 11.1 Å². The van der Waals surface area contributed by atoms with Gasteiger partial charge in [0.25, 0.3) is 0 Å². The lowest BCUT2D eigenvalue weighted by atomic mass is 9.45. The standard InChI is InChI=1S/C25H27NO5/c1-3-30-23(28)25(24(29)31-4-2)20(18-13-9-6-10-14-18)19-16-26(22(27)21(19)25)15-17-11-7-5-8-12-17/h5-14,19-21H,3-4,15-16H2,1-2H3/t19-,20-,21+/m0/s1. The molecule has 1 saturated heterocycles. The van der Waals surface area contributed by atoms with E-state index in [1.54, 1.807) is 18.7 Å². The van der Waals surface area contributed by atoms with E-state index >= 15 is 0 Å².